The first-order chi connectivity index (χ1) is 38.8. The molecule has 0 unspecified atom stereocenters. The largest absolute Gasteiger partial charge is 0.252 e. The van der Waals surface area contributed by atoms with Crippen molar-refractivity contribution in [3.8, 4) is 134 Å². The monoisotopic (exact) mass is 986 g/mol. The van der Waals surface area contributed by atoms with Gasteiger partial charge in [-0.25, -0.2) is 0 Å². The molecule has 13 aromatic carbocycles. The van der Waals surface area contributed by atoms with Crippen LogP contribution in [0.5, 0.6) is 0 Å². The Hall–Kier alpha value is -10.3. The van der Waals surface area contributed by atoms with Gasteiger partial charge < -0.3 is 0 Å². The molecule has 0 N–H and O–H groups in total. The minimum atomic E-state index is 0.838. The summed E-state index contributed by atoms with van der Waals surface area (Å²) in [6.07, 6.45) is 3.97. The van der Waals surface area contributed by atoms with Crippen LogP contribution < -0.4 is 0 Å². The van der Waals surface area contributed by atoms with Crippen molar-refractivity contribution in [1.29, 1.82) is 0 Å². The van der Waals surface area contributed by atoms with Crippen LogP contribution in [0.3, 0.4) is 0 Å². The van der Waals surface area contributed by atoms with Crippen molar-refractivity contribution >= 4 is 32.3 Å². The summed E-state index contributed by atoms with van der Waals surface area (Å²) >= 11 is 0. The molecule has 2 heteroatoms. The molecule has 2 nitrogen and oxygen atoms in total. The molecule has 78 heavy (non-hydrogen) atoms. The third-order valence-electron chi connectivity index (χ3n) is 16.5. The fourth-order valence-electron chi connectivity index (χ4n) is 13.3. The molecule has 16 rings (SSSR count). The number of hydrogen-bond donors (Lipinski definition) is 0. The normalized spacial score (nSPS) is 11.8. The molecule has 0 atom stereocenters. The second kappa shape index (κ2) is 17.7. The highest BCUT2D eigenvalue weighted by Gasteiger charge is 2.35. The van der Waals surface area contributed by atoms with Crippen molar-refractivity contribution < 1.29 is 0 Å². The van der Waals surface area contributed by atoms with E-state index < -0.39 is 0 Å². The second-order valence-corrected chi connectivity index (χ2v) is 20.6. The molecular formula is C76H46N2. The number of hydrogen-bond acceptors (Lipinski definition) is 2. The molecule has 0 saturated heterocycles. The molecule has 1 heterocycles. The van der Waals surface area contributed by atoms with Crippen LogP contribution in [-0.4, -0.2) is 9.97 Å². The second-order valence-electron chi connectivity index (χ2n) is 20.6. The lowest BCUT2D eigenvalue weighted by Gasteiger charge is -2.26. The predicted molar refractivity (Wildman–Crippen MR) is 327 cm³/mol. The van der Waals surface area contributed by atoms with Gasteiger partial charge in [0.15, 0.2) is 0 Å². The zero-order chi connectivity index (χ0) is 51.3. The fourth-order valence-corrected chi connectivity index (χ4v) is 13.3. The van der Waals surface area contributed by atoms with E-state index in [1.165, 1.54) is 138 Å². The first-order valence-corrected chi connectivity index (χ1v) is 26.9. The van der Waals surface area contributed by atoms with Crippen molar-refractivity contribution in [2.24, 2.45) is 0 Å². The van der Waals surface area contributed by atoms with E-state index in [1.54, 1.807) is 0 Å². The van der Waals surface area contributed by atoms with Gasteiger partial charge in [0.2, 0.25) is 0 Å². The van der Waals surface area contributed by atoms with Gasteiger partial charge in [-0.1, -0.05) is 267 Å². The molecule has 0 aliphatic heterocycles. The standard InChI is InChI=1S/C76H46N2/c1-7-23-47(24-8-1)65-57-35-19-20-36-58(57)66(48-25-9-2-10-26-48)74-61-43-41-53(55-37-21-39-59(71(55)61)73(65)74)63-45-78-64(46-77-63)54-42-44-62-72-56(54)38-22-40-60(72)75-69(51-31-15-5-16-32-51)67(49-27-11-3-12-28-49)68(50-29-13-4-14-30-50)70(76(62)75)52-33-17-6-18-34-52/h1-46H. The number of rotatable bonds is 8. The van der Waals surface area contributed by atoms with E-state index in [0.29, 0.717) is 0 Å². The van der Waals surface area contributed by atoms with Crippen LogP contribution in [-0.2, 0) is 0 Å². The van der Waals surface area contributed by atoms with E-state index in [1.807, 2.05) is 12.4 Å². The van der Waals surface area contributed by atoms with Crippen LogP contribution in [0.4, 0.5) is 0 Å². The minimum absolute atomic E-state index is 0.838. The molecule has 2 aliphatic carbocycles. The summed E-state index contributed by atoms with van der Waals surface area (Å²) in [6, 6.07) is 97.6. The summed E-state index contributed by atoms with van der Waals surface area (Å²) in [4.78, 5) is 10.7. The van der Waals surface area contributed by atoms with Crippen LogP contribution >= 0.6 is 0 Å². The number of fused-ring (bicyclic) bond motifs is 7. The van der Waals surface area contributed by atoms with Gasteiger partial charge in [-0.05, 0) is 144 Å². The van der Waals surface area contributed by atoms with E-state index in [-0.39, 0.29) is 0 Å². The Balaban J connectivity index is 0.886. The summed E-state index contributed by atoms with van der Waals surface area (Å²) in [6.45, 7) is 0. The van der Waals surface area contributed by atoms with Crippen LogP contribution in [0, 0.1) is 0 Å². The molecule has 360 valence electrons. The first kappa shape index (κ1) is 44.1. The van der Waals surface area contributed by atoms with Gasteiger partial charge in [-0.3, -0.25) is 9.97 Å². The summed E-state index contributed by atoms with van der Waals surface area (Å²) in [7, 11) is 0. The average Bonchev–Trinajstić information content (AvgIpc) is 4.24. The highest BCUT2D eigenvalue weighted by Crippen LogP contribution is 2.62. The summed E-state index contributed by atoms with van der Waals surface area (Å²) in [5.41, 5.74) is 28.5. The predicted octanol–water partition coefficient (Wildman–Crippen LogP) is 20.6. The Morgan fingerprint density at radius 1 is 0.167 bits per heavy atom. The maximum atomic E-state index is 5.33. The van der Waals surface area contributed by atoms with Gasteiger partial charge >= 0.3 is 0 Å². The van der Waals surface area contributed by atoms with Crippen molar-refractivity contribution in [3.63, 3.8) is 0 Å². The van der Waals surface area contributed by atoms with Gasteiger partial charge in [-0.2, -0.15) is 0 Å². The van der Waals surface area contributed by atoms with Crippen LogP contribution in [0.2, 0.25) is 0 Å². The topological polar surface area (TPSA) is 25.8 Å². The molecule has 0 saturated carbocycles. The van der Waals surface area contributed by atoms with Gasteiger partial charge in [0.05, 0.1) is 23.8 Å². The molecule has 2 aliphatic rings. The van der Waals surface area contributed by atoms with Crippen molar-refractivity contribution in [2.45, 2.75) is 0 Å². The maximum Gasteiger partial charge on any atom is 0.0891 e. The smallest absolute Gasteiger partial charge is 0.0891 e. The molecular weight excluding hydrogens is 941 g/mol. The van der Waals surface area contributed by atoms with E-state index in [2.05, 4.69) is 267 Å². The minimum Gasteiger partial charge on any atom is -0.252 e. The number of nitrogens with zero attached hydrogens (tertiary/aromatic N) is 2. The highest BCUT2D eigenvalue weighted by molar-refractivity contribution is 6.30. The van der Waals surface area contributed by atoms with Gasteiger partial charge in [0.25, 0.3) is 0 Å². The Labute approximate surface area is 452 Å². The van der Waals surface area contributed by atoms with Gasteiger partial charge in [0, 0.05) is 11.1 Å². The Bertz CT molecular complexity index is 4500. The third kappa shape index (κ3) is 6.57. The van der Waals surface area contributed by atoms with Crippen LogP contribution in [0.1, 0.15) is 0 Å². The van der Waals surface area contributed by atoms with Crippen LogP contribution in [0.15, 0.2) is 279 Å². The summed E-state index contributed by atoms with van der Waals surface area (Å²) in [5, 5.41) is 7.31. The van der Waals surface area contributed by atoms with E-state index >= 15 is 0 Å². The fraction of sp³-hybridized carbons (Fsp3) is 0. The zero-order valence-corrected chi connectivity index (χ0v) is 42.5. The quantitative estimate of drug-likeness (QED) is 0.152. The van der Waals surface area contributed by atoms with E-state index in [0.717, 1.165) is 27.9 Å². The summed E-state index contributed by atoms with van der Waals surface area (Å²) < 4.78 is 0. The van der Waals surface area contributed by atoms with Gasteiger partial charge in [-0.15, -0.1) is 0 Å². The lowest BCUT2D eigenvalue weighted by molar-refractivity contribution is 1.22. The number of aromatic nitrogens is 2. The molecule has 0 fully saturated rings. The Morgan fingerprint density at radius 2 is 0.410 bits per heavy atom. The number of benzene rings is 13. The Morgan fingerprint density at radius 3 is 0.731 bits per heavy atom. The zero-order valence-electron chi connectivity index (χ0n) is 42.5. The lowest BCUT2D eigenvalue weighted by Crippen LogP contribution is -1.99. The van der Waals surface area contributed by atoms with Crippen molar-refractivity contribution in [1.82, 2.24) is 9.97 Å². The molecule has 1 aromatic heterocycles. The highest BCUT2D eigenvalue weighted by atomic mass is 14.8. The Kier molecular flexibility index (Phi) is 9.98. The maximum absolute atomic E-state index is 5.33. The average molecular weight is 987 g/mol. The SMILES string of the molecule is c1ccc(-c2c(-c3ccccc3)c(-c3ccccc3)c3c(c2-c2ccccc2)-c2cccc4c(-c5cnc(-c6ccc7c8c(cccc68)-c6c-7c(-c7ccccc7)c7ccccc7c6-c6ccccc6)cn5)ccc-3c24)cc1. The first-order valence-electron chi connectivity index (χ1n) is 26.9. The molecule has 0 radical (unpaired) electrons. The van der Waals surface area contributed by atoms with E-state index in [4.69, 9.17) is 9.97 Å². The summed E-state index contributed by atoms with van der Waals surface area (Å²) in [5.74, 6) is 0. The van der Waals surface area contributed by atoms with E-state index in [9.17, 15) is 0 Å². The van der Waals surface area contributed by atoms with Gasteiger partial charge in [0.1, 0.15) is 0 Å². The lowest BCUT2D eigenvalue weighted by atomic mass is 9.76. The van der Waals surface area contributed by atoms with Crippen molar-refractivity contribution in [3.05, 3.63) is 279 Å². The van der Waals surface area contributed by atoms with Crippen LogP contribution in [0.25, 0.3) is 166 Å². The molecule has 14 aromatic rings. The molecule has 0 amide bonds. The molecule has 0 bridgehead atoms. The van der Waals surface area contributed by atoms with Crippen molar-refractivity contribution in [2.75, 3.05) is 0 Å². The molecule has 0 spiro atoms. The third-order valence-corrected chi connectivity index (χ3v) is 16.5.